The Morgan fingerprint density at radius 3 is 2.78 bits per heavy atom. The summed E-state index contributed by atoms with van der Waals surface area (Å²) in [6.07, 6.45) is 0.708. The number of hydrogen-bond acceptors (Lipinski definition) is 6. The standard InChI is InChI=1S/C23H24N2O5S2/c1-29-19-5-3-6-20(15-19)30-12-10-24-23(26)17-4-2-7-21(14-17)32(27,28)25-11-8-22-18(16-25)9-13-31-22/h2-7,9,13-15H,8,10-12,16H2,1H3,(H,24,26). The van der Waals surface area contributed by atoms with Gasteiger partial charge in [0.05, 0.1) is 18.6 Å². The number of carbonyl (C=O) groups excluding carboxylic acids is 1. The lowest BCUT2D eigenvalue weighted by atomic mass is 10.1. The molecule has 4 rings (SSSR count). The number of ether oxygens (including phenoxy) is 2. The Hall–Kier alpha value is -2.88. The van der Waals surface area contributed by atoms with E-state index in [1.807, 2.05) is 23.6 Å². The van der Waals surface area contributed by atoms with Crippen molar-refractivity contribution in [3.63, 3.8) is 0 Å². The molecule has 0 unspecified atom stereocenters. The number of hydrogen-bond donors (Lipinski definition) is 1. The third-order valence-electron chi connectivity index (χ3n) is 5.20. The van der Waals surface area contributed by atoms with Crippen molar-refractivity contribution in [2.24, 2.45) is 0 Å². The molecule has 1 amide bonds. The zero-order valence-electron chi connectivity index (χ0n) is 17.6. The lowest BCUT2D eigenvalue weighted by Gasteiger charge is -2.26. The SMILES string of the molecule is COc1cccc(OCCNC(=O)c2cccc(S(=O)(=O)N3CCc4sccc4C3)c2)c1. The average Bonchev–Trinajstić information content (AvgIpc) is 3.30. The van der Waals surface area contributed by atoms with Crippen LogP contribution in [0, 0.1) is 0 Å². The smallest absolute Gasteiger partial charge is 0.251 e. The van der Waals surface area contributed by atoms with E-state index < -0.39 is 10.0 Å². The number of thiophene rings is 1. The van der Waals surface area contributed by atoms with Gasteiger partial charge >= 0.3 is 0 Å². The van der Waals surface area contributed by atoms with Gasteiger partial charge in [0.25, 0.3) is 5.91 Å². The number of fused-ring (bicyclic) bond motifs is 1. The monoisotopic (exact) mass is 472 g/mol. The molecule has 1 aromatic heterocycles. The fourth-order valence-corrected chi connectivity index (χ4v) is 5.86. The Kier molecular flexibility index (Phi) is 6.78. The fourth-order valence-electron chi connectivity index (χ4n) is 3.50. The molecule has 1 aliphatic heterocycles. The molecule has 2 aromatic carbocycles. The maximum atomic E-state index is 13.1. The molecule has 1 aliphatic rings. The van der Waals surface area contributed by atoms with Crippen LogP contribution >= 0.6 is 11.3 Å². The van der Waals surface area contributed by atoms with Gasteiger partial charge in [0, 0.05) is 29.6 Å². The summed E-state index contributed by atoms with van der Waals surface area (Å²) in [5, 5.41) is 4.75. The Morgan fingerprint density at radius 2 is 1.94 bits per heavy atom. The molecule has 0 aliphatic carbocycles. The summed E-state index contributed by atoms with van der Waals surface area (Å²) in [5.74, 6) is 0.977. The molecule has 0 fully saturated rings. The second-order valence-corrected chi connectivity index (χ2v) is 10.2. The molecule has 0 spiro atoms. The predicted molar refractivity (Wildman–Crippen MR) is 123 cm³/mol. The highest BCUT2D eigenvalue weighted by Gasteiger charge is 2.29. The number of nitrogens with one attached hydrogen (secondary N) is 1. The highest BCUT2D eigenvalue weighted by molar-refractivity contribution is 7.89. The lowest BCUT2D eigenvalue weighted by molar-refractivity contribution is 0.0946. The molecule has 0 saturated carbocycles. The van der Waals surface area contributed by atoms with E-state index in [9.17, 15) is 13.2 Å². The molecule has 0 atom stereocenters. The van der Waals surface area contributed by atoms with Gasteiger partial charge in [-0.3, -0.25) is 4.79 Å². The van der Waals surface area contributed by atoms with Crippen LogP contribution in [-0.4, -0.2) is 45.4 Å². The van der Waals surface area contributed by atoms with Crippen molar-refractivity contribution in [2.75, 3.05) is 26.8 Å². The molecular formula is C23H24N2O5S2. The lowest BCUT2D eigenvalue weighted by Crippen LogP contribution is -2.35. The van der Waals surface area contributed by atoms with E-state index in [1.165, 1.54) is 21.3 Å². The summed E-state index contributed by atoms with van der Waals surface area (Å²) in [6.45, 7) is 1.35. The predicted octanol–water partition coefficient (Wildman–Crippen LogP) is 3.31. The number of amides is 1. The van der Waals surface area contributed by atoms with Gasteiger partial charge in [-0.25, -0.2) is 8.42 Å². The maximum Gasteiger partial charge on any atom is 0.251 e. The number of carbonyl (C=O) groups is 1. The van der Waals surface area contributed by atoms with E-state index in [0.717, 1.165) is 5.56 Å². The Balaban J connectivity index is 1.36. The molecule has 2 heterocycles. The highest BCUT2D eigenvalue weighted by atomic mass is 32.2. The van der Waals surface area contributed by atoms with Crippen molar-refractivity contribution >= 4 is 27.3 Å². The van der Waals surface area contributed by atoms with Crippen LogP contribution in [-0.2, 0) is 23.0 Å². The molecule has 7 nitrogen and oxygen atoms in total. The molecule has 9 heteroatoms. The third kappa shape index (κ3) is 4.95. The van der Waals surface area contributed by atoms with Crippen molar-refractivity contribution in [3.8, 4) is 11.5 Å². The average molecular weight is 473 g/mol. The molecule has 32 heavy (non-hydrogen) atoms. The summed E-state index contributed by atoms with van der Waals surface area (Å²) in [7, 11) is -2.10. The van der Waals surface area contributed by atoms with Crippen LogP contribution in [0.1, 0.15) is 20.8 Å². The minimum atomic E-state index is -3.69. The summed E-state index contributed by atoms with van der Waals surface area (Å²) < 4.78 is 38.5. The van der Waals surface area contributed by atoms with Crippen LogP contribution in [0.15, 0.2) is 64.9 Å². The molecule has 1 N–H and O–H groups in total. The van der Waals surface area contributed by atoms with Crippen molar-refractivity contribution in [3.05, 3.63) is 76.0 Å². The van der Waals surface area contributed by atoms with Gasteiger partial charge in [0.15, 0.2) is 0 Å². The van der Waals surface area contributed by atoms with Crippen molar-refractivity contribution < 1.29 is 22.7 Å². The van der Waals surface area contributed by atoms with E-state index in [2.05, 4.69) is 5.32 Å². The largest absolute Gasteiger partial charge is 0.497 e. The van der Waals surface area contributed by atoms with Crippen LogP contribution in [0.2, 0.25) is 0 Å². The van der Waals surface area contributed by atoms with Gasteiger partial charge in [-0.15, -0.1) is 11.3 Å². The first-order chi connectivity index (χ1) is 15.5. The highest BCUT2D eigenvalue weighted by Crippen LogP contribution is 2.28. The van der Waals surface area contributed by atoms with Gasteiger partial charge < -0.3 is 14.8 Å². The zero-order chi connectivity index (χ0) is 22.6. The van der Waals surface area contributed by atoms with E-state index in [1.54, 1.807) is 42.7 Å². The molecule has 0 radical (unpaired) electrons. The molecule has 3 aromatic rings. The van der Waals surface area contributed by atoms with Crippen molar-refractivity contribution in [2.45, 2.75) is 17.9 Å². The fraction of sp³-hybridized carbons (Fsp3) is 0.261. The first-order valence-electron chi connectivity index (χ1n) is 10.2. The summed E-state index contributed by atoms with van der Waals surface area (Å²) in [4.78, 5) is 13.9. The second kappa shape index (κ2) is 9.72. The van der Waals surface area contributed by atoms with E-state index in [-0.39, 0.29) is 24.0 Å². The Morgan fingerprint density at radius 1 is 1.12 bits per heavy atom. The molecule has 0 saturated heterocycles. The van der Waals surface area contributed by atoms with Gasteiger partial charge in [0.1, 0.15) is 18.1 Å². The van der Waals surface area contributed by atoms with Crippen LogP contribution in [0.3, 0.4) is 0 Å². The molecule has 0 bridgehead atoms. The second-order valence-electron chi connectivity index (χ2n) is 7.27. The molecular weight excluding hydrogens is 448 g/mol. The van der Waals surface area contributed by atoms with Gasteiger partial charge in [-0.05, 0) is 53.8 Å². The van der Waals surface area contributed by atoms with Gasteiger partial charge in [-0.1, -0.05) is 12.1 Å². The zero-order valence-corrected chi connectivity index (χ0v) is 19.2. The normalized spacial score (nSPS) is 13.9. The minimum Gasteiger partial charge on any atom is -0.497 e. The summed E-state index contributed by atoms with van der Waals surface area (Å²) >= 11 is 1.66. The van der Waals surface area contributed by atoms with Gasteiger partial charge in [-0.2, -0.15) is 4.31 Å². The van der Waals surface area contributed by atoms with Crippen LogP contribution in [0.5, 0.6) is 11.5 Å². The first kappa shape index (κ1) is 22.3. The maximum absolute atomic E-state index is 13.1. The van der Waals surface area contributed by atoms with Gasteiger partial charge in [0.2, 0.25) is 10.0 Å². The third-order valence-corrected chi connectivity index (χ3v) is 8.07. The van der Waals surface area contributed by atoms with Crippen LogP contribution in [0.4, 0.5) is 0 Å². The van der Waals surface area contributed by atoms with Crippen LogP contribution < -0.4 is 14.8 Å². The van der Waals surface area contributed by atoms with Crippen LogP contribution in [0.25, 0.3) is 0 Å². The summed E-state index contributed by atoms with van der Waals surface area (Å²) in [6, 6.07) is 15.3. The van der Waals surface area contributed by atoms with E-state index >= 15 is 0 Å². The minimum absolute atomic E-state index is 0.122. The Labute approximate surface area is 191 Å². The van der Waals surface area contributed by atoms with E-state index in [4.69, 9.17) is 9.47 Å². The number of sulfonamides is 1. The van der Waals surface area contributed by atoms with E-state index in [0.29, 0.717) is 36.6 Å². The first-order valence-corrected chi connectivity index (χ1v) is 12.5. The summed E-state index contributed by atoms with van der Waals surface area (Å²) in [5.41, 5.74) is 1.34. The quantitative estimate of drug-likeness (QED) is 0.509. The number of rotatable bonds is 8. The van der Waals surface area contributed by atoms with Crippen molar-refractivity contribution in [1.82, 2.24) is 9.62 Å². The topological polar surface area (TPSA) is 84.9 Å². The molecule has 168 valence electrons. The number of nitrogens with zero attached hydrogens (tertiary/aromatic N) is 1. The number of benzene rings is 2. The number of methoxy groups -OCH3 is 1. The Bertz CT molecular complexity index is 1210. The van der Waals surface area contributed by atoms with Crippen molar-refractivity contribution in [1.29, 1.82) is 0 Å².